The second kappa shape index (κ2) is 14.6. The summed E-state index contributed by atoms with van der Waals surface area (Å²) in [6.07, 6.45) is 2.72. The van der Waals surface area contributed by atoms with Gasteiger partial charge in [0, 0.05) is 25.2 Å². The lowest BCUT2D eigenvalue weighted by Gasteiger charge is -2.46. The van der Waals surface area contributed by atoms with E-state index in [1.807, 2.05) is 36.2 Å². The fraction of sp³-hybridized carbons (Fsp3) is 0.516. The van der Waals surface area contributed by atoms with Crippen molar-refractivity contribution in [1.82, 2.24) is 10.6 Å². The summed E-state index contributed by atoms with van der Waals surface area (Å²) < 4.78 is 10.7. The normalized spacial score (nSPS) is 19.8. The fourth-order valence-corrected chi connectivity index (χ4v) is 5.68. The SMILES string of the molecule is CNC1CC(C)(C)CC(C)(CNC(=O)OCCN(CCOC(C)=O)c2ccc(N=Nc3ccc(C#N)cc3)cc2)C1. The number of azo groups is 1. The molecule has 220 valence electrons. The first-order chi connectivity index (χ1) is 19.5. The van der Waals surface area contributed by atoms with Crippen LogP contribution in [0, 0.1) is 22.2 Å². The summed E-state index contributed by atoms with van der Waals surface area (Å²) >= 11 is 0. The van der Waals surface area contributed by atoms with Crippen molar-refractivity contribution in [1.29, 1.82) is 5.26 Å². The predicted molar refractivity (Wildman–Crippen MR) is 159 cm³/mol. The van der Waals surface area contributed by atoms with Crippen LogP contribution in [0.25, 0.3) is 0 Å². The molecule has 0 aromatic heterocycles. The number of nitrogens with one attached hydrogen (secondary N) is 2. The smallest absolute Gasteiger partial charge is 0.407 e. The molecule has 0 saturated heterocycles. The standard InChI is InChI=1S/C31H42N6O4/c1-23(38)40-16-14-37(28-12-10-26(11-13-28)36-35-25-8-6-24(20-32)7-9-25)15-17-41-29(39)34-22-31(4)19-27(33-5)18-30(2,3)21-31/h6-13,27,33H,14-19,21-22H2,1-5H3,(H,34,39). The molecule has 0 radical (unpaired) electrons. The molecule has 2 aromatic rings. The van der Waals surface area contributed by atoms with Crippen LogP contribution in [0.5, 0.6) is 0 Å². The zero-order valence-corrected chi connectivity index (χ0v) is 24.8. The maximum Gasteiger partial charge on any atom is 0.407 e. The van der Waals surface area contributed by atoms with Gasteiger partial charge in [-0.15, -0.1) is 0 Å². The van der Waals surface area contributed by atoms with E-state index in [0.29, 0.717) is 42.6 Å². The molecule has 0 heterocycles. The quantitative estimate of drug-likeness (QED) is 0.244. The van der Waals surface area contributed by atoms with Crippen LogP contribution in [0.4, 0.5) is 21.9 Å². The van der Waals surface area contributed by atoms with Gasteiger partial charge in [0.25, 0.3) is 0 Å². The Kier molecular flexibility index (Phi) is 11.2. The molecule has 41 heavy (non-hydrogen) atoms. The van der Waals surface area contributed by atoms with Crippen LogP contribution >= 0.6 is 0 Å². The van der Waals surface area contributed by atoms with E-state index in [1.165, 1.54) is 6.92 Å². The molecule has 0 spiro atoms. The molecule has 2 aromatic carbocycles. The Morgan fingerprint density at radius 1 is 0.976 bits per heavy atom. The number of alkyl carbamates (subject to hydrolysis) is 1. The minimum Gasteiger partial charge on any atom is -0.464 e. The largest absolute Gasteiger partial charge is 0.464 e. The van der Waals surface area contributed by atoms with Crippen molar-refractivity contribution in [2.75, 3.05) is 44.8 Å². The van der Waals surface area contributed by atoms with Crippen LogP contribution in [0.1, 0.15) is 52.5 Å². The van der Waals surface area contributed by atoms with Crippen molar-refractivity contribution in [3.63, 3.8) is 0 Å². The molecule has 2 atom stereocenters. The maximum absolute atomic E-state index is 12.6. The predicted octanol–water partition coefficient (Wildman–Crippen LogP) is 5.87. The number of esters is 1. The number of anilines is 1. The summed E-state index contributed by atoms with van der Waals surface area (Å²) in [6, 6.07) is 16.8. The minimum atomic E-state index is -0.436. The van der Waals surface area contributed by atoms with Gasteiger partial charge in [-0.05, 0) is 85.7 Å². The second-order valence-corrected chi connectivity index (χ2v) is 11.7. The van der Waals surface area contributed by atoms with Crippen LogP contribution in [-0.4, -0.2) is 58.0 Å². The van der Waals surface area contributed by atoms with E-state index in [0.717, 1.165) is 24.9 Å². The van der Waals surface area contributed by atoms with Crippen molar-refractivity contribution in [3.05, 3.63) is 54.1 Å². The van der Waals surface area contributed by atoms with Gasteiger partial charge in [-0.25, -0.2) is 4.79 Å². The van der Waals surface area contributed by atoms with Crippen molar-refractivity contribution in [2.45, 2.75) is 53.0 Å². The van der Waals surface area contributed by atoms with E-state index in [1.54, 1.807) is 24.3 Å². The third kappa shape index (κ3) is 10.5. The van der Waals surface area contributed by atoms with Crippen molar-refractivity contribution >= 4 is 29.1 Å². The van der Waals surface area contributed by atoms with Crippen molar-refractivity contribution < 1.29 is 19.1 Å². The number of carbonyl (C=O) groups is 2. The number of ether oxygens (including phenoxy) is 2. The lowest BCUT2D eigenvalue weighted by atomic mass is 9.62. The number of hydrogen-bond acceptors (Lipinski definition) is 9. The molecule has 10 heteroatoms. The lowest BCUT2D eigenvalue weighted by Crippen LogP contribution is -2.48. The summed E-state index contributed by atoms with van der Waals surface area (Å²) in [5.41, 5.74) is 2.93. The summed E-state index contributed by atoms with van der Waals surface area (Å²) in [7, 11) is 2.00. The number of carbonyl (C=O) groups excluding carboxylic acids is 2. The van der Waals surface area contributed by atoms with Crippen LogP contribution in [0.3, 0.4) is 0 Å². The van der Waals surface area contributed by atoms with Gasteiger partial charge < -0.3 is 25.0 Å². The van der Waals surface area contributed by atoms with E-state index in [2.05, 4.69) is 47.7 Å². The van der Waals surface area contributed by atoms with Gasteiger partial charge in [-0.3, -0.25) is 4.79 Å². The van der Waals surface area contributed by atoms with E-state index in [4.69, 9.17) is 14.7 Å². The van der Waals surface area contributed by atoms with Gasteiger partial charge in [0.1, 0.15) is 13.2 Å². The van der Waals surface area contributed by atoms with Crippen molar-refractivity contribution in [2.24, 2.45) is 21.1 Å². The number of nitrogens with zero attached hydrogens (tertiary/aromatic N) is 4. The Hall–Kier alpha value is -3.97. The third-order valence-corrected chi connectivity index (χ3v) is 7.26. The highest BCUT2D eigenvalue weighted by Gasteiger charge is 2.40. The van der Waals surface area contributed by atoms with E-state index >= 15 is 0 Å². The zero-order valence-electron chi connectivity index (χ0n) is 24.8. The third-order valence-electron chi connectivity index (χ3n) is 7.26. The van der Waals surface area contributed by atoms with E-state index < -0.39 is 6.09 Å². The summed E-state index contributed by atoms with van der Waals surface area (Å²) in [4.78, 5) is 25.8. The molecule has 1 aliphatic carbocycles. The second-order valence-electron chi connectivity index (χ2n) is 11.7. The molecule has 1 aliphatic rings. The number of benzene rings is 2. The van der Waals surface area contributed by atoms with Gasteiger partial charge in [0.2, 0.25) is 0 Å². The Morgan fingerprint density at radius 3 is 2.12 bits per heavy atom. The highest BCUT2D eigenvalue weighted by atomic mass is 16.5. The van der Waals surface area contributed by atoms with Crippen LogP contribution in [-0.2, 0) is 14.3 Å². The topological polar surface area (TPSA) is 128 Å². The van der Waals surface area contributed by atoms with Crippen LogP contribution < -0.4 is 15.5 Å². The number of hydrogen-bond donors (Lipinski definition) is 2. The Labute approximate surface area is 243 Å². The van der Waals surface area contributed by atoms with Gasteiger partial charge in [-0.1, -0.05) is 20.8 Å². The molecule has 1 fully saturated rings. The fourth-order valence-electron chi connectivity index (χ4n) is 5.68. The van der Waals surface area contributed by atoms with Gasteiger partial charge in [0.05, 0.1) is 36.1 Å². The minimum absolute atomic E-state index is 0.0102. The average molecular weight is 563 g/mol. The summed E-state index contributed by atoms with van der Waals surface area (Å²) in [6.45, 7) is 9.96. The van der Waals surface area contributed by atoms with Crippen molar-refractivity contribution in [3.8, 4) is 6.07 Å². The average Bonchev–Trinajstić information content (AvgIpc) is 2.93. The molecule has 3 rings (SSSR count). The maximum atomic E-state index is 12.6. The highest BCUT2D eigenvalue weighted by molar-refractivity contribution is 5.67. The molecule has 2 unspecified atom stereocenters. The van der Waals surface area contributed by atoms with Gasteiger partial charge in [-0.2, -0.15) is 15.5 Å². The highest BCUT2D eigenvalue weighted by Crippen LogP contribution is 2.45. The Bertz CT molecular complexity index is 1220. The monoisotopic (exact) mass is 562 g/mol. The number of amides is 1. The number of nitriles is 1. The molecular weight excluding hydrogens is 520 g/mol. The molecule has 0 bridgehead atoms. The van der Waals surface area contributed by atoms with E-state index in [9.17, 15) is 9.59 Å². The molecule has 1 amide bonds. The molecule has 1 saturated carbocycles. The molecular formula is C31H42N6O4. The molecule has 0 aliphatic heterocycles. The Balaban J connectivity index is 1.54. The molecule has 10 nitrogen and oxygen atoms in total. The zero-order chi connectivity index (χ0) is 29.9. The van der Waals surface area contributed by atoms with E-state index in [-0.39, 0.29) is 30.0 Å². The molecule has 2 N–H and O–H groups in total. The van der Waals surface area contributed by atoms with Gasteiger partial charge >= 0.3 is 12.1 Å². The lowest BCUT2D eigenvalue weighted by molar-refractivity contribution is -0.140. The first-order valence-corrected chi connectivity index (χ1v) is 14.0. The van der Waals surface area contributed by atoms with Crippen LogP contribution in [0.2, 0.25) is 0 Å². The number of rotatable bonds is 12. The first-order valence-electron chi connectivity index (χ1n) is 14.0. The van der Waals surface area contributed by atoms with Gasteiger partial charge in [0.15, 0.2) is 0 Å². The Morgan fingerprint density at radius 2 is 1.56 bits per heavy atom. The first kappa shape index (κ1) is 31.6. The summed E-state index contributed by atoms with van der Waals surface area (Å²) in [5, 5.41) is 23.8. The van der Waals surface area contributed by atoms with Crippen LogP contribution in [0.15, 0.2) is 58.8 Å². The summed E-state index contributed by atoms with van der Waals surface area (Å²) in [5.74, 6) is -0.348.